The summed E-state index contributed by atoms with van der Waals surface area (Å²) in [4.78, 5) is 27.0. The predicted molar refractivity (Wildman–Crippen MR) is 71.9 cm³/mol. The van der Waals surface area contributed by atoms with E-state index in [4.69, 9.17) is 0 Å². The Bertz CT molecular complexity index is 355. The molecular formula is C14H24N2O3. The molecule has 1 aliphatic heterocycles. The molecule has 2 aliphatic rings. The largest absolute Gasteiger partial charge is 0.480 e. The zero-order chi connectivity index (χ0) is 14.0. The second kappa shape index (κ2) is 5.80. The number of likely N-dealkylation sites (tertiary alicyclic amines) is 1. The lowest BCUT2D eigenvalue weighted by Gasteiger charge is -2.38. The van der Waals surface area contributed by atoms with Gasteiger partial charge >= 0.3 is 12.0 Å². The van der Waals surface area contributed by atoms with Crippen molar-refractivity contribution < 1.29 is 14.7 Å². The van der Waals surface area contributed by atoms with E-state index in [-0.39, 0.29) is 6.03 Å². The van der Waals surface area contributed by atoms with Gasteiger partial charge < -0.3 is 14.9 Å². The molecule has 0 radical (unpaired) electrons. The van der Waals surface area contributed by atoms with Crippen molar-refractivity contribution in [3.05, 3.63) is 0 Å². The number of carboxylic acid groups (broad SMARTS) is 1. The SMILES string of the molecule is CCC1CCN(C(=O)N(C)CC2CC2)C(C(=O)O)C1. The highest BCUT2D eigenvalue weighted by Crippen LogP contribution is 2.31. The zero-order valence-corrected chi connectivity index (χ0v) is 11.8. The van der Waals surface area contributed by atoms with Crippen molar-refractivity contribution in [3.8, 4) is 0 Å². The summed E-state index contributed by atoms with van der Waals surface area (Å²) in [7, 11) is 1.78. The van der Waals surface area contributed by atoms with Gasteiger partial charge in [0, 0.05) is 20.1 Å². The molecule has 2 unspecified atom stereocenters. The van der Waals surface area contributed by atoms with Gasteiger partial charge in [-0.15, -0.1) is 0 Å². The van der Waals surface area contributed by atoms with Crippen molar-refractivity contribution in [1.82, 2.24) is 9.80 Å². The highest BCUT2D eigenvalue weighted by Gasteiger charge is 2.37. The molecule has 1 heterocycles. The number of aliphatic carboxylic acids is 1. The summed E-state index contributed by atoms with van der Waals surface area (Å²) >= 11 is 0. The molecule has 1 N–H and O–H groups in total. The highest BCUT2D eigenvalue weighted by molar-refractivity contribution is 5.82. The molecule has 2 fully saturated rings. The van der Waals surface area contributed by atoms with Crippen LogP contribution in [0.4, 0.5) is 4.79 Å². The molecule has 1 saturated heterocycles. The van der Waals surface area contributed by atoms with Crippen molar-refractivity contribution in [3.63, 3.8) is 0 Å². The highest BCUT2D eigenvalue weighted by atomic mass is 16.4. The lowest BCUT2D eigenvalue weighted by molar-refractivity contribution is -0.144. The number of hydrogen-bond donors (Lipinski definition) is 1. The maximum atomic E-state index is 12.4. The van der Waals surface area contributed by atoms with Gasteiger partial charge in [-0.25, -0.2) is 9.59 Å². The second-order valence-electron chi connectivity index (χ2n) is 5.95. The number of urea groups is 1. The molecule has 0 spiro atoms. The van der Waals surface area contributed by atoms with E-state index in [1.165, 1.54) is 12.8 Å². The number of carboxylic acids is 1. The van der Waals surface area contributed by atoms with E-state index >= 15 is 0 Å². The summed E-state index contributed by atoms with van der Waals surface area (Å²) in [6, 6.07) is -0.762. The first kappa shape index (κ1) is 14.2. The van der Waals surface area contributed by atoms with E-state index < -0.39 is 12.0 Å². The molecule has 19 heavy (non-hydrogen) atoms. The minimum Gasteiger partial charge on any atom is -0.480 e. The summed E-state index contributed by atoms with van der Waals surface area (Å²) < 4.78 is 0. The molecule has 5 heteroatoms. The number of rotatable bonds is 4. The summed E-state index contributed by atoms with van der Waals surface area (Å²) in [5.74, 6) is 0.190. The van der Waals surface area contributed by atoms with Crippen molar-refractivity contribution in [2.24, 2.45) is 11.8 Å². The molecule has 0 bridgehead atoms. The van der Waals surface area contributed by atoms with E-state index in [9.17, 15) is 14.7 Å². The molecule has 5 nitrogen and oxygen atoms in total. The average Bonchev–Trinajstić information content (AvgIpc) is 3.20. The molecule has 108 valence electrons. The third-order valence-electron chi connectivity index (χ3n) is 4.37. The normalized spacial score (nSPS) is 27.2. The van der Waals surface area contributed by atoms with Crippen LogP contribution in [-0.4, -0.2) is 53.1 Å². The molecule has 0 aromatic carbocycles. The number of carbonyl (C=O) groups is 2. The zero-order valence-electron chi connectivity index (χ0n) is 11.8. The Morgan fingerprint density at radius 1 is 1.26 bits per heavy atom. The van der Waals surface area contributed by atoms with Gasteiger partial charge in [0.25, 0.3) is 0 Å². The van der Waals surface area contributed by atoms with E-state index in [1.54, 1.807) is 16.8 Å². The van der Waals surface area contributed by atoms with Crippen molar-refractivity contribution in [2.75, 3.05) is 20.1 Å². The first-order valence-corrected chi connectivity index (χ1v) is 7.27. The Morgan fingerprint density at radius 3 is 2.47 bits per heavy atom. The van der Waals surface area contributed by atoms with E-state index in [0.29, 0.717) is 24.8 Å². The molecule has 0 aromatic rings. The lowest BCUT2D eigenvalue weighted by atomic mass is 9.89. The van der Waals surface area contributed by atoms with Gasteiger partial charge in [-0.05, 0) is 37.5 Å². The Kier molecular flexibility index (Phi) is 4.32. The van der Waals surface area contributed by atoms with Crippen LogP contribution in [-0.2, 0) is 4.79 Å². The smallest absolute Gasteiger partial charge is 0.326 e. The number of amides is 2. The molecular weight excluding hydrogens is 244 g/mol. The Hall–Kier alpha value is -1.26. The monoisotopic (exact) mass is 268 g/mol. The fourth-order valence-electron chi connectivity index (χ4n) is 2.86. The van der Waals surface area contributed by atoms with Gasteiger partial charge in [0.15, 0.2) is 0 Å². The lowest BCUT2D eigenvalue weighted by Crippen LogP contribution is -2.54. The second-order valence-corrected chi connectivity index (χ2v) is 5.95. The maximum absolute atomic E-state index is 12.4. The van der Waals surface area contributed by atoms with Crippen LogP contribution in [0.2, 0.25) is 0 Å². The van der Waals surface area contributed by atoms with Crippen LogP contribution in [0.25, 0.3) is 0 Å². The van der Waals surface area contributed by atoms with Gasteiger partial charge in [-0.3, -0.25) is 0 Å². The third kappa shape index (κ3) is 3.39. The van der Waals surface area contributed by atoms with Crippen molar-refractivity contribution in [1.29, 1.82) is 0 Å². The fourth-order valence-corrected chi connectivity index (χ4v) is 2.86. The summed E-state index contributed by atoms with van der Waals surface area (Å²) in [6.45, 7) is 3.42. The number of nitrogens with zero attached hydrogens (tertiary/aromatic N) is 2. The van der Waals surface area contributed by atoms with Crippen molar-refractivity contribution >= 4 is 12.0 Å². The van der Waals surface area contributed by atoms with Crippen LogP contribution in [0.5, 0.6) is 0 Å². The van der Waals surface area contributed by atoms with Gasteiger partial charge in [-0.1, -0.05) is 13.3 Å². The number of hydrogen-bond acceptors (Lipinski definition) is 2. The summed E-state index contributed by atoms with van der Waals surface area (Å²) in [6.07, 6.45) is 4.89. The molecule has 1 aliphatic carbocycles. The topological polar surface area (TPSA) is 60.9 Å². The molecule has 2 amide bonds. The predicted octanol–water partition coefficient (Wildman–Crippen LogP) is 2.02. The standard InChI is InChI=1S/C14H24N2O3/c1-3-10-6-7-16(12(8-10)13(17)18)14(19)15(2)9-11-4-5-11/h10-12H,3-9H2,1-2H3,(H,17,18). The van der Waals surface area contributed by atoms with Crippen molar-refractivity contribution in [2.45, 2.75) is 45.1 Å². The fraction of sp³-hybridized carbons (Fsp3) is 0.857. The molecule has 0 aromatic heterocycles. The van der Waals surface area contributed by atoms with Crippen LogP contribution >= 0.6 is 0 Å². The van der Waals surface area contributed by atoms with Gasteiger partial charge in [-0.2, -0.15) is 0 Å². The summed E-state index contributed by atoms with van der Waals surface area (Å²) in [5, 5.41) is 9.33. The number of carbonyl (C=O) groups excluding carboxylic acids is 1. The van der Waals surface area contributed by atoms with E-state index in [1.807, 2.05) is 0 Å². The minimum absolute atomic E-state index is 0.117. The summed E-state index contributed by atoms with van der Waals surface area (Å²) in [5.41, 5.74) is 0. The van der Waals surface area contributed by atoms with Gasteiger partial charge in [0.2, 0.25) is 0 Å². The Labute approximate surface area is 114 Å². The maximum Gasteiger partial charge on any atom is 0.326 e. The first-order chi connectivity index (χ1) is 9.02. The van der Waals surface area contributed by atoms with E-state index in [0.717, 1.165) is 19.4 Å². The molecule has 2 rings (SSSR count). The molecule has 2 atom stereocenters. The Balaban J connectivity index is 1.99. The van der Waals surface area contributed by atoms with Crippen LogP contribution < -0.4 is 0 Å². The van der Waals surface area contributed by atoms with Gasteiger partial charge in [0.05, 0.1) is 0 Å². The van der Waals surface area contributed by atoms with Crippen LogP contribution in [0.1, 0.15) is 39.0 Å². The third-order valence-corrected chi connectivity index (χ3v) is 4.37. The average molecular weight is 268 g/mol. The van der Waals surface area contributed by atoms with Crippen LogP contribution in [0.3, 0.4) is 0 Å². The number of piperidine rings is 1. The Morgan fingerprint density at radius 2 is 1.95 bits per heavy atom. The minimum atomic E-state index is -0.869. The van der Waals surface area contributed by atoms with Gasteiger partial charge in [0.1, 0.15) is 6.04 Å². The van der Waals surface area contributed by atoms with Crippen LogP contribution in [0, 0.1) is 11.8 Å². The molecule has 1 saturated carbocycles. The van der Waals surface area contributed by atoms with E-state index in [2.05, 4.69) is 6.92 Å². The first-order valence-electron chi connectivity index (χ1n) is 7.27. The van der Waals surface area contributed by atoms with Crippen LogP contribution in [0.15, 0.2) is 0 Å². The quantitative estimate of drug-likeness (QED) is 0.848.